The van der Waals surface area contributed by atoms with Gasteiger partial charge >= 0.3 is 0 Å². The van der Waals surface area contributed by atoms with Crippen molar-refractivity contribution in [3.8, 4) is 22.3 Å². The summed E-state index contributed by atoms with van der Waals surface area (Å²) >= 11 is 0. The van der Waals surface area contributed by atoms with Crippen molar-refractivity contribution in [3.05, 3.63) is 179 Å². The minimum absolute atomic E-state index is 0.331. The van der Waals surface area contributed by atoms with Crippen LogP contribution in [-0.2, 0) is 12.8 Å². The van der Waals surface area contributed by atoms with Crippen LogP contribution >= 0.6 is 0 Å². The fraction of sp³-hybridized carbons (Fsp3) is 0.143. The highest BCUT2D eigenvalue weighted by atomic mass is 28.3. The van der Waals surface area contributed by atoms with E-state index in [9.17, 15) is 0 Å². The summed E-state index contributed by atoms with van der Waals surface area (Å²) in [6.45, 7) is 5.23. The maximum atomic E-state index is 5.96. The van der Waals surface area contributed by atoms with E-state index in [1.165, 1.54) is 55.7 Å². The first kappa shape index (κ1) is 27.7. The van der Waals surface area contributed by atoms with E-state index in [0.717, 1.165) is 24.4 Å². The van der Waals surface area contributed by atoms with Gasteiger partial charge in [-0.05, 0) is 68.8 Å². The average Bonchev–Trinajstić information content (AvgIpc) is 3.88. The lowest BCUT2D eigenvalue weighted by molar-refractivity contribution is 0.517. The minimum atomic E-state index is -2.20. The summed E-state index contributed by atoms with van der Waals surface area (Å²) in [5, 5.41) is 0. The Labute approximate surface area is 266 Å². The first-order chi connectivity index (χ1) is 22.1. The van der Waals surface area contributed by atoms with Crippen molar-refractivity contribution in [3.63, 3.8) is 0 Å². The van der Waals surface area contributed by atoms with Gasteiger partial charge in [0.05, 0.1) is 20.6 Å². The fourth-order valence-corrected chi connectivity index (χ4v) is 12.8. The van der Waals surface area contributed by atoms with Crippen LogP contribution in [0.25, 0.3) is 34.4 Å². The Morgan fingerprint density at radius 2 is 0.933 bits per heavy atom. The minimum Gasteiger partial charge on any atom is -0.469 e. The Hall–Kier alpha value is -4.86. The number of hydrogen-bond donors (Lipinski definition) is 0. The molecule has 0 fully saturated rings. The van der Waals surface area contributed by atoms with Gasteiger partial charge in [-0.15, -0.1) is 0 Å². The number of fused-ring (bicyclic) bond motifs is 2. The van der Waals surface area contributed by atoms with Gasteiger partial charge in [-0.1, -0.05) is 133 Å². The SMILES string of the molecule is C[Si](C)(C1C(Cc2ccco2)=Cc2c(-c3ccccc3)cccc21)C1C(Cc2ccco2)=Cc2c(-c3ccccc3)cccc21. The van der Waals surface area contributed by atoms with Crippen LogP contribution in [0.2, 0.25) is 13.1 Å². The molecule has 0 bridgehead atoms. The summed E-state index contributed by atoms with van der Waals surface area (Å²) in [6, 6.07) is 43.8. The molecule has 0 amide bonds. The molecule has 2 aliphatic rings. The van der Waals surface area contributed by atoms with Crippen molar-refractivity contribution in [2.75, 3.05) is 0 Å². The summed E-state index contributed by atoms with van der Waals surface area (Å²) in [5.41, 5.74) is 14.4. The second kappa shape index (κ2) is 11.2. The third kappa shape index (κ3) is 4.88. The van der Waals surface area contributed by atoms with Crippen molar-refractivity contribution < 1.29 is 8.83 Å². The van der Waals surface area contributed by atoms with Gasteiger partial charge in [0, 0.05) is 23.9 Å². The predicted octanol–water partition coefficient (Wildman–Crippen LogP) is 11.1. The third-order valence-corrected chi connectivity index (χ3v) is 14.2. The molecule has 2 aliphatic carbocycles. The number of hydrogen-bond acceptors (Lipinski definition) is 2. The summed E-state index contributed by atoms with van der Waals surface area (Å²) in [5.74, 6) is 2.05. The molecule has 8 rings (SSSR count). The van der Waals surface area contributed by atoms with Crippen LogP contribution in [0, 0.1) is 0 Å². The third-order valence-electron chi connectivity index (χ3n) is 9.88. The van der Waals surface area contributed by atoms with E-state index in [2.05, 4.69) is 134 Å². The van der Waals surface area contributed by atoms with Gasteiger partial charge in [0.2, 0.25) is 0 Å². The molecule has 0 saturated heterocycles. The molecule has 2 atom stereocenters. The van der Waals surface area contributed by atoms with Gasteiger partial charge in [0.25, 0.3) is 0 Å². The fourth-order valence-electron chi connectivity index (χ4n) is 8.13. The molecule has 2 aromatic heterocycles. The van der Waals surface area contributed by atoms with Crippen molar-refractivity contribution in [2.45, 2.75) is 37.0 Å². The maximum Gasteiger partial charge on any atom is 0.107 e. The summed E-state index contributed by atoms with van der Waals surface area (Å²) in [4.78, 5) is 0. The highest BCUT2D eigenvalue weighted by molar-refractivity contribution is 6.81. The van der Waals surface area contributed by atoms with Crippen molar-refractivity contribution in [1.82, 2.24) is 0 Å². The first-order valence-corrected chi connectivity index (χ1v) is 19.1. The number of rotatable bonds is 8. The van der Waals surface area contributed by atoms with E-state index in [4.69, 9.17) is 8.83 Å². The first-order valence-electron chi connectivity index (χ1n) is 15.9. The molecule has 0 spiro atoms. The topological polar surface area (TPSA) is 26.3 Å². The quantitative estimate of drug-likeness (QED) is 0.162. The maximum absolute atomic E-state index is 5.96. The Balaban J connectivity index is 1.30. The summed E-state index contributed by atoms with van der Waals surface area (Å²) < 4.78 is 11.9. The Bertz CT molecular complexity index is 1870. The lowest BCUT2D eigenvalue weighted by Gasteiger charge is -2.40. The molecule has 0 saturated carbocycles. The molecule has 0 aliphatic heterocycles. The molecule has 4 aromatic carbocycles. The van der Waals surface area contributed by atoms with Crippen LogP contribution in [0.3, 0.4) is 0 Å². The van der Waals surface area contributed by atoms with Gasteiger partial charge in [0.15, 0.2) is 0 Å². The molecule has 0 N–H and O–H groups in total. The van der Waals surface area contributed by atoms with Gasteiger partial charge in [-0.3, -0.25) is 0 Å². The van der Waals surface area contributed by atoms with Crippen LogP contribution in [0.4, 0.5) is 0 Å². The molecule has 220 valence electrons. The van der Waals surface area contributed by atoms with Crippen molar-refractivity contribution in [1.29, 1.82) is 0 Å². The zero-order valence-corrected chi connectivity index (χ0v) is 26.7. The van der Waals surface area contributed by atoms with Crippen LogP contribution < -0.4 is 0 Å². The normalized spacial score (nSPS) is 17.1. The van der Waals surface area contributed by atoms with Crippen LogP contribution in [0.1, 0.15) is 44.9 Å². The summed E-state index contributed by atoms with van der Waals surface area (Å²) in [6.07, 6.45) is 10.2. The molecular weight excluding hydrogens is 565 g/mol. The van der Waals surface area contributed by atoms with Crippen LogP contribution in [0.5, 0.6) is 0 Å². The van der Waals surface area contributed by atoms with Crippen molar-refractivity contribution in [2.24, 2.45) is 0 Å². The second-order valence-electron chi connectivity index (χ2n) is 13.0. The largest absolute Gasteiger partial charge is 0.469 e. The molecular formula is C42H36O2Si. The molecule has 45 heavy (non-hydrogen) atoms. The van der Waals surface area contributed by atoms with E-state index < -0.39 is 8.07 Å². The predicted molar refractivity (Wildman–Crippen MR) is 187 cm³/mol. The van der Waals surface area contributed by atoms with E-state index in [1.807, 2.05) is 12.1 Å². The average molecular weight is 601 g/mol. The highest BCUT2D eigenvalue weighted by Crippen LogP contribution is 2.55. The molecule has 2 heterocycles. The van der Waals surface area contributed by atoms with Crippen LogP contribution in [0.15, 0.2) is 154 Å². The van der Waals surface area contributed by atoms with E-state index in [1.54, 1.807) is 12.5 Å². The van der Waals surface area contributed by atoms with Gasteiger partial charge in [-0.2, -0.15) is 0 Å². The molecule has 0 radical (unpaired) electrons. The summed E-state index contributed by atoms with van der Waals surface area (Å²) in [7, 11) is -2.20. The molecule has 3 heteroatoms. The smallest absolute Gasteiger partial charge is 0.107 e. The number of furan rings is 2. The number of benzene rings is 4. The van der Waals surface area contributed by atoms with Gasteiger partial charge in [-0.25, -0.2) is 0 Å². The highest BCUT2D eigenvalue weighted by Gasteiger charge is 2.49. The zero-order chi connectivity index (χ0) is 30.4. The van der Waals surface area contributed by atoms with Crippen molar-refractivity contribution >= 4 is 20.2 Å². The monoisotopic (exact) mass is 600 g/mol. The standard InChI is InChI=1S/C42H36O2Si/c1-45(2,41-31(25-33-17-11-23-43-33)27-39-35(19-9-21-37(39)41)29-13-5-3-6-14-29)42-32(26-34-18-12-24-44-34)28-40-36(20-10-22-38(40)42)30-15-7-4-8-16-30/h3-24,27-28,41-42H,25-26H2,1-2H3. The Morgan fingerprint density at radius 3 is 1.33 bits per heavy atom. The molecule has 2 nitrogen and oxygen atoms in total. The van der Waals surface area contributed by atoms with Gasteiger partial charge < -0.3 is 8.83 Å². The molecule has 2 unspecified atom stereocenters. The van der Waals surface area contributed by atoms with E-state index >= 15 is 0 Å². The lowest BCUT2D eigenvalue weighted by Crippen LogP contribution is -2.43. The van der Waals surface area contributed by atoms with Crippen LogP contribution in [-0.4, -0.2) is 8.07 Å². The van der Waals surface area contributed by atoms with E-state index in [0.29, 0.717) is 11.1 Å². The Kier molecular flexibility index (Phi) is 6.92. The molecule has 6 aromatic rings. The lowest BCUT2D eigenvalue weighted by atomic mass is 9.97. The zero-order valence-electron chi connectivity index (χ0n) is 25.7. The van der Waals surface area contributed by atoms with E-state index in [-0.39, 0.29) is 0 Å². The van der Waals surface area contributed by atoms with Gasteiger partial charge in [0.1, 0.15) is 11.5 Å². The number of allylic oxidation sites excluding steroid dienone is 2. The Morgan fingerprint density at radius 1 is 0.489 bits per heavy atom. The second-order valence-corrected chi connectivity index (χ2v) is 17.8.